The Kier molecular flexibility index (Phi) is 6.28. The molecule has 0 aliphatic rings. The fourth-order valence-corrected chi connectivity index (χ4v) is 4.45. The van der Waals surface area contributed by atoms with Crippen molar-refractivity contribution in [2.24, 2.45) is 0 Å². The van der Waals surface area contributed by atoms with Crippen LogP contribution in [0, 0.1) is 20.8 Å². The molecular formula is C22H23N3O5S. The summed E-state index contributed by atoms with van der Waals surface area (Å²) in [5.41, 5.74) is 5.49. The number of methoxy groups -OCH3 is 1. The van der Waals surface area contributed by atoms with Crippen LogP contribution in [0.4, 0.5) is 0 Å². The first-order valence-corrected chi connectivity index (χ1v) is 10.9. The number of aromatic nitrogens is 1. The molecule has 9 heteroatoms. The Bertz CT molecular complexity index is 1250. The molecule has 3 rings (SSSR count). The molecule has 0 saturated heterocycles. The van der Waals surface area contributed by atoms with Gasteiger partial charge in [-0.15, -0.1) is 4.83 Å². The van der Waals surface area contributed by atoms with Gasteiger partial charge in [0.15, 0.2) is 0 Å². The molecule has 8 nitrogen and oxygen atoms in total. The summed E-state index contributed by atoms with van der Waals surface area (Å²) >= 11 is 0. The highest BCUT2D eigenvalue weighted by molar-refractivity contribution is 7.89. The third-order valence-electron chi connectivity index (χ3n) is 4.89. The van der Waals surface area contributed by atoms with Crippen LogP contribution in [0.3, 0.4) is 0 Å². The smallest absolute Gasteiger partial charge is 0.337 e. The molecule has 162 valence electrons. The lowest BCUT2D eigenvalue weighted by molar-refractivity contribution is 0.0600. The normalized spacial score (nSPS) is 11.2. The summed E-state index contributed by atoms with van der Waals surface area (Å²) in [6, 6.07) is 15.4. The fourth-order valence-electron chi connectivity index (χ4n) is 3.34. The van der Waals surface area contributed by atoms with E-state index in [0.717, 1.165) is 11.4 Å². The van der Waals surface area contributed by atoms with Gasteiger partial charge in [-0.3, -0.25) is 10.2 Å². The number of hydrogen-bond donors (Lipinski definition) is 2. The Hall–Kier alpha value is -3.43. The Morgan fingerprint density at radius 2 is 1.65 bits per heavy atom. The number of benzene rings is 2. The average molecular weight is 442 g/mol. The van der Waals surface area contributed by atoms with Gasteiger partial charge in [0.25, 0.3) is 15.9 Å². The highest BCUT2D eigenvalue weighted by Crippen LogP contribution is 2.21. The number of nitrogens with zero attached hydrogens (tertiary/aromatic N) is 1. The molecule has 2 aromatic carbocycles. The second kappa shape index (κ2) is 8.75. The number of amides is 1. The number of carbonyl (C=O) groups excluding carboxylic acids is 2. The highest BCUT2D eigenvalue weighted by atomic mass is 32.2. The van der Waals surface area contributed by atoms with E-state index in [1.165, 1.54) is 25.3 Å². The second-order valence-electron chi connectivity index (χ2n) is 6.99. The van der Waals surface area contributed by atoms with Gasteiger partial charge >= 0.3 is 5.97 Å². The summed E-state index contributed by atoms with van der Waals surface area (Å²) in [5.74, 6) is -1.26. The molecule has 0 saturated carbocycles. The minimum absolute atomic E-state index is 0.0891. The lowest BCUT2D eigenvalue weighted by Gasteiger charge is -2.12. The monoisotopic (exact) mass is 441 g/mol. The van der Waals surface area contributed by atoms with Gasteiger partial charge in [-0.1, -0.05) is 24.3 Å². The van der Waals surface area contributed by atoms with Crippen LogP contribution >= 0.6 is 0 Å². The fraction of sp³-hybridized carbons (Fsp3) is 0.182. The maximum absolute atomic E-state index is 12.7. The molecule has 0 aliphatic carbocycles. The largest absolute Gasteiger partial charge is 0.465 e. The first-order valence-electron chi connectivity index (χ1n) is 9.41. The van der Waals surface area contributed by atoms with E-state index in [2.05, 4.69) is 15.0 Å². The summed E-state index contributed by atoms with van der Waals surface area (Å²) in [6.45, 7) is 5.24. The quantitative estimate of drug-likeness (QED) is 0.452. The van der Waals surface area contributed by atoms with E-state index in [1.54, 1.807) is 19.9 Å². The van der Waals surface area contributed by atoms with Gasteiger partial charge in [-0.25, -0.2) is 13.2 Å². The van der Waals surface area contributed by atoms with E-state index in [0.29, 0.717) is 16.8 Å². The summed E-state index contributed by atoms with van der Waals surface area (Å²) in [6.07, 6.45) is 0. The number of hydrogen-bond acceptors (Lipinski definition) is 5. The molecule has 0 atom stereocenters. The number of aryl methyl sites for hydroxylation is 2. The molecule has 0 spiro atoms. The van der Waals surface area contributed by atoms with Crippen molar-refractivity contribution in [2.45, 2.75) is 25.7 Å². The van der Waals surface area contributed by atoms with Crippen molar-refractivity contribution >= 4 is 21.9 Å². The second-order valence-corrected chi connectivity index (χ2v) is 8.64. The van der Waals surface area contributed by atoms with Gasteiger partial charge in [0.1, 0.15) is 0 Å². The van der Waals surface area contributed by atoms with Crippen LogP contribution in [0.2, 0.25) is 0 Å². The Balaban J connectivity index is 1.84. The number of rotatable bonds is 6. The molecule has 0 fully saturated rings. The molecule has 31 heavy (non-hydrogen) atoms. The SMILES string of the molecule is COC(=O)c1ccc(C)c(S(=O)(=O)NNC(=O)c2cc(C)n(-c3ccccc3)c2C)c1. The molecule has 0 radical (unpaired) electrons. The van der Waals surface area contributed by atoms with E-state index in [-0.39, 0.29) is 10.5 Å². The number of carbonyl (C=O) groups is 2. The molecular weight excluding hydrogens is 418 g/mol. The molecule has 0 bridgehead atoms. The lowest BCUT2D eigenvalue weighted by atomic mass is 10.1. The van der Waals surface area contributed by atoms with E-state index < -0.39 is 21.9 Å². The summed E-state index contributed by atoms with van der Waals surface area (Å²) in [5, 5.41) is 0. The Morgan fingerprint density at radius 1 is 0.968 bits per heavy atom. The van der Waals surface area contributed by atoms with Gasteiger partial charge in [0.2, 0.25) is 0 Å². The van der Waals surface area contributed by atoms with Crippen molar-refractivity contribution in [1.82, 2.24) is 14.8 Å². The first kappa shape index (κ1) is 22.3. The molecule has 1 amide bonds. The average Bonchev–Trinajstić information content (AvgIpc) is 3.06. The number of sulfonamides is 1. The molecule has 2 N–H and O–H groups in total. The zero-order valence-corrected chi connectivity index (χ0v) is 18.4. The molecule has 0 aliphatic heterocycles. The third kappa shape index (κ3) is 4.52. The first-order chi connectivity index (χ1) is 14.7. The van der Waals surface area contributed by atoms with E-state index >= 15 is 0 Å². The molecule has 1 aromatic heterocycles. The zero-order valence-electron chi connectivity index (χ0n) is 17.6. The highest BCUT2D eigenvalue weighted by Gasteiger charge is 2.22. The zero-order chi connectivity index (χ0) is 22.8. The predicted molar refractivity (Wildman–Crippen MR) is 116 cm³/mol. The standard InChI is InChI=1S/C22H23N3O5S/c1-14-10-11-17(22(27)30-4)13-20(14)31(28,29)24-23-21(26)19-12-15(2)25(16(19)3)18-8-6-5-7-9-18/h5-13,24H,1-4H3,(H,23,26). The van der Waals surface area contributed by atoms with Crippen LogP contribution in [-0.2, 0) is 14.8 Å². The van der Waals surface area contributed by atoms with Crippen LogP contribution in [-0.4, -0.2) is 32.0 Å². The van der Waals surface area contributed by atoms with E-state index in [4.69, 9.17) is 0 Å². The van der Waals surface area contributed by atoms with Crippen LogP contribution in [0.1, 0.15) is 37.7 Å². The number of nitrogens with one attached hydrogen (secondary N) is 2. The van der Waals surface area contributed by atoms with Crippen LogP contribution in [0.25, 0.3) is 5.69 Å². The van der Waals surface area contributed by atoms with Crippen molar-refractivity contribution in [3.63, 3.8) is 0 Å². The summed E-state index contributed by atoms with van der Waals surface area (Å²) in [4.78, 5) is 26.4. The summed E-state index contributed by atoms with van der Waals surface area (Å²) < 4.78 is 32.0. The van der Waals surface area contributed by atoms with Gasteiger partial charge < -0.3 is 9.30 Å². The predicted octanol–water partition coefficient (Wildman–Crippen LogP) is 2.81. The van der Waals surface area contributed by atoms with Gasteiger partial charge in [-0.2, -0.15) is 0 Å². The maximum atomic E-state index is 12.7. The molecule has 0 unspecified atom stereocenters. The van der Waals surface area contributed by atoms with Crippen molar-refractivity contribution in [3.8, 4) is 5.69 Å². The topological polar surface area (TPSA) is 106 Å². The number of hydrazine groups is 1. The minimum Gasteiger partial charge on any atom is -0.465 e. The third-order valence-corrected chi connectivity index (χ3v) is 6.28. The van der Waals surface area contributed by atoms with Crippen LogP contribution < -0.4 is 10.3 Å². The Morgan fingerprint density at radius 3 is 2.29 bits per heavy atom. The van der Waals surface area contributed by atoms with Crippen molar-refractivity contribution < 1.29 is 22.7 Å². The molecule has 3 aromatic rings. The number of ether oxygens (including phenoxy) is 1. The van der Waals surface area contributed by atoms with Crippen molar-refractivity contribution in [3.05, 3.63) is 82.7 Å². The van der Waals surface area contributed by atoms with E-state index in [9.17, 15) is 18.0 Å². The number of esters is 1. The minimum atomic E-state index is -4.12. The maximum Gasteiger partial charge on any atom is 0.337 e. The van der Waals surface area contributed by atoms with Crippen molar-refractivity contribution in [1.29, 1.82) is 0 Å². The van der Waals surface area contributed by atoms with Crippen molar-refractivity contribution in [2.75, 3.05) is 7.11 Å². The lowest BCUT2D eigenvalue weighted by Crippen LogP contribution is -2.42. The Labute approximate surface area is 180 Å². The van der Waals surface area contributed by atoms with Gasteiger partial charge in [0, 0.05) is 17.1 Å². The van der Waals surface area contributed by atoms with E-state index in [1.807, 2.05) is 41.8 Å². The van der Waals surface area contributed by atoms with Crippen LogP contribution in [0.5, 0.6) is 0 Å². The summed E-state index contributed by atoms with van der Waals surface area (Å²) in [7, 11) is -2.91. The molecule has 1 heterocycles. The van der Waals surface area contributed by atoms with Crippen LogP contribution in [0.15, 0.2) is 59.5 Å². The van der Waals surface area contributed by atoms with Gasteiger partial charge in [-0.05, 0) is 56.7 Å². The van der Waals surface area contributed by atoms with Gasteiger partial charge in [0.05, 0.1) is 23.1 Å². The number of para-hydroxylation sites is 1.